The summed E-state index contributed by atoms with van der Waals surface area (Å²) in [6, 6.07) is 0.124. The number of aromatic nitrogens is 3. The third-order valence-electron chi connectivity index (χ3n) is 4.25. The van der Waals surface area contributed by atoms with E-state index in [0.717, 1.165) is 30.8 Å². The summed E-state index contributed by atoms with van der Waals surface area (Å²) < 4.78 is 5.29. The van der Waals surface area contributed by atoms with Crippen molar-refractivity contribution in [3.63, 3.8) is 0 Å². The number of carbonyl (C=O) groups excluding carboxylic acids is 1. The van der Waals surface area contributed by atoms with E-state index >= 15 is 0 Å². The maximum absolute atomic E-state index is 12.7. The quantitative estimate of drug-likeness (QED) is 0.845. The van der Waals surface area contributed by atoms with Crippen LogP contribution in [0.15, 0.2) is 16.1 Å². The Kier molecular flexibility index (Phi) is 4.99. The minimum absolute atomic E-state index is 0.124. The van der Waals surface area contributed by atoms with Crippen LogP contribution in [0.2, 0.25) is 0 Å². The lowest BCUT2D eigenvalue weighted by atomic mass is 9.96. The largest absolute Gasteiger partial charge is 0.339 e. The van der Waals surface area contributed by atoms with Crippen molar-refractivity contribution in [2.45, 2.75) is 64.3 Å². The average Bonchev–Trinajstić information content (AvgIpc) is 3.23. The molecule has 0 aliphatic carbocycles. The van der Waals surface area contributed by atoms with Crippen LogP contribution in [0, 0.1) is 0 Å². The molecule has 24 heavy (non-hydrogen) atoms. The highest BCUT2D eigenvalue weighted by Crippen LogP contribution is 2.32. The van der Waals surface area contributed by atoms with Crippen molar-refractivity contribution in [1.29, 1.82) is 0 Å². The molecular weight excluding hydrogens is 324 g/mol. The minimum Gasteiger partial charge on any atom is -0.339 e. The molecule has 0 spiro atoms. The highest BCUT2D eigenvalue weighted by molar-refractivity contribution is 7.09. The Morgan fingerprint density at radius 2 is 2.25 bits per heavy atom. The van der Waals surface area contributed by atoms with Crippen molar-refractivity contribution in [2.24, 2.45) is 0 Å². The third-order valence-corrected chi connectivity index (χ3v) is 5.13. The lowest BCUT2D eigenvalue weighted by Gasteiger charge is -2.34. The lowest BCUT2D eigenvalue weighted by Crippen LogP contribution is -2.38. The number of hydrogen-bond acceptors (Lipinski definition) is 6. The number of hydrogen-bond donors (Lipinski definition) is 0. The summed E-state index contributed by atoms with van der Waals surface area (Å²) in [6.45, 7) is 6.93. The van der Waals surface area contributed by atoms with E-state index in [1.165, 1.54) is 0 Å². The first-order chi connectivity index (χ1) is 11.4. The predicted molar refractivity (Wildman–Crippen MR) is 91.7 cm³/mol. The standard InChI is InChI=1S/C17H24N4O2S/c1-17(2,3)16-19-13(23-20-16)7-8-14(22)21-10-5-4-6-12(21)15-18-9-11-24-15/h9,11-12H,4-8,10H2,1-3H3/t12-/m0/s1. The van der Waals surface area contributed by atoms with E-state index in [9.17, 15) is 4.79 Å². The molecule has 6 nitrogen and oxygen atoms in total. The van der Waals surface area contributed by atoms with Crippen molar-refractivity contribution < 1.29 is 9.32 Å². The van der Waals surface area contributed by atoms with Gasteiger partial charge in [-0.05, 0) is 19.3 Å². The maximum atomic E-state index is 12.7. The van der Waals surface area contributed by atoms with Crippen LogP contribution in [0.5, 0.6) is 0 Å². The molecule has 2 aromatic heterocycles. The fraction of sp³-hybridized carbons (Fsp3) is 0.647. The molecule has 1 fully saturated rings. The average molecular weight is 348 g/mol. The van der Waals surface area contributed by atoms with Gasteiger partial charge in [0, 0.05) is 36.4 Å². The second kappa shape index (κ2) is 7.01. The van der Waals surface area contributed by atoms with Crippen molar-refractivity contribution in [2.75, 3.05) is 6.54 Å². The number of nitrogens with zero attached hydrogens (tertiary/aromatic N) is 4. The van der Waals surface area contributed by atoms with Gasteiger partial charge in [0.1, 0.15) is 5.01 Å². The summed E-state index contributed by atoms with van der Waals surface area (Å²) in [4.78, 5) is 23.5. The van der Waals surface area contributed by atoms with E-state index in [-0.39, 0.29) is 17.4 Å². The number of piperidine rings is 1. The van der Waals surface area contributed by atoms with Crippen LogP contribution in [0.1, 0.15) is 69.2 Å². The second-order valence-corrected chi connectivity index (χ2v) is 8.16. The minimum atomic E-state index is -0.144. The van der Waals surface area contributed by atoms with Crippen LogP contribution < -0.4 is 0 Å². The van der Waals surface area contributed by atoms with E-state index in [0.29, 0.717) is 24.6 Å². The Morgan fingerprint density at radius 3 is 2.92 bits per heavy atom. The van der Waals surface area contributed by atoms with Crippen molar-refractivity contribution >= 4 is 17.2 Å². The zero-order chi connectivity index (χ0) is 17.2. The van der Waals surface area contributed by atoms with Gasteiger partial charge >= 0.3 is 0 Å². The molecule has 3 rings (SSSR count). The molecule has 7 heteroatoms. The smallest absolute Gasteiger partial charge is 0.227 e. The molecule has 130 valence electrons. The molecule has 2 aromatic rings. The van der Waals surface area contributed by atoms with Crippen LogP contribution in [-0.4, -0.2) is 32.5 Å². The van der Waals surface area contributed by atoms with Gasteiger partial charge in [0.2, 0.25) is 11.8 Å². The van der Waals surface area contributed by atoms with E-state index in [2.05, 4.69) is 15.1 Å². The first-order valence-electron chi connectivity index (χ1n) is 8.47. The summed E-state index contributed by atoms with van der Waals surface area (Å²) in [6.07, 6.45) is 5.89. The molecule has 0 unspecified atom stereocenters. The van der Waals surface area contributed by atoms with E-state index in [1.807, 2.05) is 37.2 Å². The Hall–Kier alpha value is -1.76. The zero-order valence-corrected chi connectivity index (χ0v) is 15.3. The molecule has 1 aliphatic rings. The molecule has 1 atom stereocenters. The Balaban J connectivity index is 1.62. The lowest BCUT2D eigenvalue weighted by molar-refractivity contribution is -0.135. The molecule has 0 bridgehead atoms. The van der Waals surface area contributed by atoms with Gasteiger partial charge in [-0.25, -0.2) is 4.98 Å². The molecule has 1 aliphatic heterocycles. The summed E-state index contributed by atoms with van der Waals surface area (Å²) >= 11 is 1.63. The van der Waals surface area contributed by atoms with Crippen molar-refractivity contribution in [3.05, 3.63) is 28.3 Å². The number of thiazole rings is 1. The van der Waals surface area contributed by atoms with Gasteiger partial charge in [-0.1, -0.05) is 25.9 Å². The highest BCUT2D eigenvalue weighted by Gasteiger charge is 2.29. The molecule has 0 aromatic carbocycles. The molecule has 0 radical (unpaired) electrons. The molecule has 0 saturated carbocycles. The van der Waals surface area contributed by atoms with E-state index in [4.69, 9.17) is 4.52 Å². The number of carbonyl (C=O) groups is 1. The van der Waals surface area contributed by atoms with Crippen LogP contribution in [0.3, 0.4) is 0 Å². The van der Waals surface area contributed by atoms with Gasteiger partial charge in [-0.15, -0.1) is 11.3 Å². The fourth-order valence-corrected chi connectivity index (χ4v) is 3.69. The summed E-state index contributed by atoms with van der Waals surface area (Å²) in [5.74, 6) is 1.37. The van der Waals surface area contributed by atoms with Gasteiger partial charge in [0.15, 0.2) is 5.82 Å². The van der Waals surface area contributed by atoms with Gasteiger partial charge < -0.3 is 9.42 Å². The van der Waals surface area contributed by atoms with E-state index < -0.39 is 0 Å². The first-order valence-corrected chi connectivity index (χ1v) is 9.35. The monoisotopic (exact) mass is 348 g/mol. The van der Waals surface area contributed by atoms with Crippen LogP contribution >= 0.6 is 11.3 Å². The summed E-state index contributed by atoms with van der Waals surface area (Å²) in [5.41, 5.74) is -0.144. The zero-order valence-electron chi connectivity index (χ0n) is 14.5. The summed E-state index contributed by atoms with van der Waals surface area (Å²) in [7, 11) is 0. The van der Waals surface area contributed by atoms with Gasteiger partial charge in [0.05, 0.1) is 6.04 Å². The highest BCUT2D eigenvalue weighted by atomic mass is 32.1. The summed E-state index contributed by atoms with van der Waals surface area (Å²) in [5, 5.41) is 7.02. The maximum Gasteiger partial charge on any atom is 0.227 e. The normalized spacial score (nSPS) is 18.8. The Bertz CT molecular complexity index is 675. The number of likely N-dealkylation sites (tertiary alicyclic amines) is 1. The molecular formula is C17H24N4O2S. The SMILES string of the molecule is CC(C)(C)c1noc(CCC(=O)N2CCCC[C@H]2c2nccs2)n1. The molecule has 1 saturated heterocycles. The van der Waals surface area contributed by atoms with Crippen molar-refractivity contribution in [1.82, 2.24) is 20.0 Å². The van der Waals surface area contributed by atoms with Gasteiger partial charge in [-0.2, -0.15) is 4.98 Å². The van der Waals surface area contributed by atoms with E-state index in [1.54, 1.807) is 11.3 Å². The van der Waals surface area contributed by atoms with Crippen LogP contribution in [0.25, 0.3) is 0 Å². The number of rotatable bonds is 4. The third kappa shape index (κ3) is 3.83. The van der Waals surface area contributed by atoms with Crippen LogP contribution in [-0.2, 0) is 16.6 Å². The Labute approximate surface area is 146 Å². The molecule has 3 heterocycles. The van der Waals surface area contributed by atoms with Crippen LogP contribution in [0.4, 0.5) is 0 Å². The topological polar surface area (TPSA) is 72.1 Å². The van der Waals surface area contributed by atoms with Crippen molar-refractivity contribution in [3.8, 4) is 0 Å². The van der Waals surface area contributed by atoms with Gasteiger partial charge in [-0.3, -0.25) is 4.79 Å². The number of aryl methyl sites for hydroxylation is 1. The first kappa shape index (κ1) is 17.1. The number of amides is 1. The molecule has 1 amide bonds. The Morgan fingerprint density at radius 1 is 1.42 bits per heavy atom. The second-order valence-electron chi connectivity index (χ2n) is 7.23. The predicted octanol–water partition coefficient (Wildman–Crippen LogP) is 3.51. The van der Waals surface area contributed by atoms with Gasteiger partial charge in [0.25, 0.3) is 0 Å². The molecule has 0 N–H and O–H groups in total. The fourth-order valence-electron chi connectivity index (χ4n) is 2.90.